The van der Waals surface area contributed by atoms with E-state index in [-0.39, 0.29) is 17.9 Å². The fourth-order valence-corrected chi connectivity index (χ4v) is 1.05. The van der Waals surface area contributed by atoms with Gasteiger partial charge in [-0.3, -0.25) is 9.78 Å². The number of rotatable bonds is 5. The van der Waals surface area contributed by atoms with Crippen molar-refractivity contribution in [3.63, 3.8) is 0 Å². The van der Waals surface area contributed by atoms with Gasteiger partial charge in [0.05, 0.1) is 11.9 Å². The van der Waals surface area contributed by atoms with Crippen molar-refractivity contribution < 1.29 is 24.0 Å². The van der Waals surface area contributed by atoms with Gasteiger partial charge >= 0.3 is 13.7 Å². The van der Waals surface area contributed by atoms with Crippen molar-refractivity contribution in [1.82, 2.24) is 4.98 Å². The summed E-state index contributed by atoms with van der Waals surface area (Å²) in [5.41, 5.74) is 5.18. The van der Waals surface area contributed by atoms with Crippen LogP contribution in [0.5, 0.6) is 5.75 Å². The molecular weight excluding hydrogens is 218 g/mol. The molecule has 16 heavy (non-hydrogen) atoms. The summed E-state index contributed by atoms with van der Waals surface area (Å²) in [4.78, 5) is 14.1. The van der Waals surface area contributed by atoms with E-state index < -0.39 is 25.5 Å². The Morgan fingerprint density at radius 3 is 2.94 bits per heavy atom. The number of nitrogens with zero attached hydrogens (tertiary/aromatic N) is 1. The number of hydrogen-bond acceptors (Lipinski definition) is 5. The van der Waals surface area contributed by atoms with Gasteiger partial charge in [0.15, 0.2) is 0 Å². The molecule has 0 aliphatic heterocycles. The summed E-state index contributed by atoms with van der Waals surface area (Å²) >= 11 is 0. The third-order valence-electron chi connectivity index (χ3n) is 1.85. The third-order valence-corrected chi connectivity index (χ3v) is 1.85. The Balaban J connectivity index is 2.78. The summed E-state index contributed by atoms with van der Waals surface area (Å²) in [6.45, 7) is 0. The van der Waals surface area contributed by atoms with Gasteiger partial charge in [-0.05, 0) is 0 Å². The van der Waals surface area contributed by atoms with Crippen molar-refractivity contribution in [3.05, 3.63) is 23.8 Å². The Bertz CT molecular complexity index is 390. The van der Waals surface area contributed by atoms with Gasteiger partial charge < -0.3 is 20.5 Å². The molecule has 0 saturated heterocycles. The Morgan fingerprint density at radius 1 is 1.75 bits per heavy atom. The number of carboxylic acid groups (broad SMARTS) is 1. The topological polar surface area (TPSA) is 106 Å². The Morgan fingerprint density at radius 2 is 2.44 bits per heavy atom. The Hall–Kier alpha value is -1.67. The van der Waals surface area contributed by atoms with Gasteiger partial charge in [-0.15, -0.1) is 0 Å². The minimum Gasteiger partial charge on any atom is -0.538 e. The molecule has 86 valence electrons. The number of nitrogens with two attached hydrogens (primary N) is 1. The fraction of sp³-hybridized carbons (Fsp3) is 0.250. The average Bonchev–Trinajstić information content (AvgIpc) is 2.22. The maximum Gasteiger partial charge on any atom is 0.504 e. The highest BCUT2D eigenvalue weighted by Gasteiger charge is 2.16. The lowest BCUT2D eigenvalue weighted by atomic mass is 10.1. The number of carboxylic acids is 1. The largest absolute Gasteiger partial charge is 0.538 e. The smallest absolute Gasteiger partial charge is 0.504 e. The van der Waals surface area contributed by atoms with Crippen molar-refractivity contribution >= 4 is 13.7 Å². The van der Waals surface area contributed by atoms with Crippen LogP contribution in [0.4, 0.5) is 4.39 Å². The van der Waals surface area contributed by atoms with Crippen LogP contribution in [0.3, 0.4) is 0 Å². The summed E-state index contributed by atoms with van der Waals surface area (Å²) in [5, 5.41) is 17.0. The number of aromatic nitrogens is 1. The molecule has 0 amide bonds. The first-order valence-corrected chi connectivity index (χ1v) is 4.41. The molecule has 0 aliphatic carbocycles. The van der Waals surface area contributed by atoms with Crippen molar-refractivity contribution in [1.29, 1.82) is 0 Å². The maximum absolute atomic E-state index is 13.3. The molecule has 8 heteroatoms. The second kappa shape index (κ2) is 5.43. The molecule has 0 radical (unpaired) electrons. The maximum atomic E-state index is 13.3. The van der Waals surface area contributed by atoms with E-state index in [0.29, 0.717) is 0 Å². The zero-order chi connectivity index (χ0) is 12.1. The van der Waals surface area contributed by atoms with Crippen molar-refractivity contribution in [3.8, 4) is 5.75 Å². The van der Waals surface area contributed by atoms with E-state index >= 15 is 0 Å². The van der Waals surface area contributed by atoms with Crippen LogP contribution in [0.2, 0.25) is 0 Å². The van der Waals surface area contributed by atoms with Crippen LogP contribution < -0.4 is 10.4 Å². The number of hydrogen-bond donors (Lipinski definition) is 3. The molecule has 1 aromatic heterocycles. The quantitative estimate of drug-likeness (QED) is 0.547. The first kappa shape index (κ1) is 12.4. The molecule has 1 heterocycles. The van der Waals surface area contributed by atoms with Crippen LogP contribution in [0.15, 0.2) is 12.3 Å². The summed E-state index contributed by atoms with van der Waals surface area (Å²) in [6.07, 6.45) is 0.976. The lowest BCUT2D eigenvalue weighted by molar-refractivity contribution is -0.138. The van der Waals surface area contributed by atoms with Gasteiger partial charge in [0.25, 0.3) is 0 Å². The van der Waals surface area contributed by atoms with Crippen molar-refractivity contribution in [2.45, 2.75) is 12.5 Å². The number of pyridine rings is 1. The van der Waals surface area contributed by atoms with Crippen LogP contribution >= 0.6 is 0 Å². The third kappa shape index (κ3) is 3.18. The van der Waals surface area contributed by atoms with Gasteiger partial charge in [-0.25, -0.2) is 4.39 Å². The predicted octanol–water partition coefficient (Wildman–Crippen LogP) is -1.19. The monoisotopic (exact) mass is 228 g/mol. The molecule has 0 unspecified atom stereocenters. The number of carbonyl (C=O) groups is 1. The van der Waals surface area contributed by atoms with Crippen LogP contribution in [0, 0.1) is 5.82 Å². The van der Waals surface area contributed by atoms with Gasteiger partial charge in [-0.2, -0.15) is 0 Å². The molecule has 0 bridgehead atoms. The van der Waals surface area contributed by atoms with Crippen LogP contribution in [-0.4, -0.2) is 34.8 Å². The molecule has 1 aromatic rings. The lowest BCUT2D eigenvalue weighted by Gasteiger charge is -2.08. The Labute approximate surface area is 91.2 Å². The molecule has 1 rings (SSSR count). The minimum atomic E-state index is -1.23. The molecule has 0 aromatic carbocycles. The number of halogens is 1. The first-order valence-electron chi connectivity index (χ1n) is 4.41. The van der Waals surface area contributed by atoms with Crippen LogP contribution in [0.25, 0.3) is 0 Å². The molecule has 0 saturated carbocycles. The summed E-state index contributed by atoms with van der Waals surface area (Å²) in [5.74, 6) is -1.88. The normalized spacial score (nSPS) is 11.9. The van der Waals surface area contributed by atoms with E-state index in [1.807, 2.05) is 0 Å². The van der Waals surface area contributed by atoms with Crippen molar-refractivity contribution in [2.75, 3.05) is 0 Å². The van der Waals surface area contributed by atoms with E-state index in [2.05, 4.69) is 9.64 Å². The first-order chi connectivity index (χ1) is 7.54. The zero-order valence-electron chi connectivity index (χ0n) is 8.26. The van der Waals surface area contributed by atoms with Crippen LogP contribution in [-0.2, 0) is 11.2 Å². The Kier molecular flexibility index (Phi) is 4.21. The summed E-state index contributed by atoms with van der Waals surface area (Å²) < 4.78 is 17.9. The van der Waals surface area contributed by atoms with Crippen molar-refractivity contribution in [2.24, 2.45) is 5.73 Å². The SMILES string of the molecule is N[C@@H](Cc1ncc(OBO)cc1F)C(=O)O. The molecule has 0 spiro atoms. The minimum absolute atomic E-state index is 0.0554. The van der Waals surface area contributed by atoms with E-state index in [1.54, 1.807) is 0 Å². The highest BCUT2D eigenvalue weighted by Crippen LogP contribution is 2.14. The summed E-state index contributed by atoms with van der Waals surface area (Å²) in [7, 11) is -0.588. The molecule has 1 atom stereocenters. The second-order valence-electron chi connectivity index (χ2n) is 3.02. The van der Waals surface area contributed by atoms with Gasteiger partial charge in [-0.1, -0.05) is 0 Å². The van der Waals surface area contributed by atoms with Gasteiger partial charge in [0.1, 0.15) is 17.6 Å². The molecule has 4 N–H and O–H groups in total. The molecule has 0 fully saturated rings. The van der Waals surface area contributed by atoms with Gasteiger partial charge in [0, 0.05) is 12.5 Å². The van der Waals surface area contributed by atoms with Gasteiger partial charge in [0.2, 0.25) is 0 Å². The highest BCUT2D eigenvalue weighted by atomic mass is 19.1. The summed E-state index contributed by atoms with van der Waals surface area (Å²) in [6, 6.07) is -0.195. The predicted molar refractivity (Wildman–Crippen MR) is 53.5 cm³/mol. The highest BCUT2D eigenvalue weighted by molar-refractivity contribution is 6.17. The molecular formula is C8H10BFN2O4. The van der Waals surface area contributed by atoms with E-state index in [4.69, 9.17) is 15.9 Å². The van der Waals surface area contributed by atoms with E-state index in [9.17, 15) is 9.18 Å². The fourth-order valence-electron chi connectivity index (χ4n) is 1.05. The number of aliphatic carboxylic acids is 1. The zero-order valence-corrected chi connectivity index (χ0v) is 8.26. The lowest BCUT2D eigenvalue weighted by Crippen LogP contribution is -2.32. The molecule has 6 nitrogen and oxygen atoms in total. The standard InChI is InChI=1S/C8H10BFN2O4/c10-5-1-4(16-9-15)3-12-7(5)2-6(11)8(13)14/h1,3,6,9,15H,2,11H2,(H,13,14)/t6-/m0/s1. The van der Waals surface area contributed by atoms with E-state index in [1.165, 1.54) is 6.20 Å². The molecule has 0 aliphatic rings. The average molecular weight is 228 g/mol. The van der Waals surface area contributed by atoms with Crippen LogP contribution in [0.1, 0.15) is 5.69 Å². The second-order valence-corrected chi connectivity index (χ2v) is 3.02. The van der Waals surface area contributed by atoms with E-state index in [0.717, 1.165) is 6.07 Å².